The first-order valence-electron chi connectivity index (χ1n) is 8.63. The van der Waals surface area contributed by atoms with Gasteiger partial charge in [0, 0.05) is 17.3 Å². The molecular weight excluding hydrogens is 419 g/mol. The van der Waals surface area contributed by atoms with E-state index in [1.54, 1.807) is 24.3 Å². The van der Waals surface area contributed by atoms with Gasteiger partial charge in [-0.05, 0) is 48.5 Å². The lowest BCUT2D eigenvalue weighted by Crippen LogP contribution is -2.86. The van der Waals surface area contributed by atoms with E-state index in [1.807, 2.05) is 6.07 Å². The second-order valence-corrected chi connectivity index (χ2v) is 6.60. The number of amides is 1. The second kappa shape index (κ2) is 8.95. The topological polar surface area (TPSA) is 79.6 Å². The van der Waals surface area contributed by atoms with Crippen molar-refractivity contribution in [2.45, 2.75) is 12.9 Å². The van der Waals surface area contributed by atoms with Crippen LogP contribution in [0.4, 0.5) is 13.2 Å². The maximum atomic E-state index is 12.4. The van der Waals surface area contributed by atoms with E-state index >= 15 is 0 Å². The molecule has 2 N–H and O–H groups in total. The van der Waals surface area contributed by atoms with Gasteiger partial charge < -0.3 is 4.74 Å². The van der Waals surface area contributed by atoms with Gasteiger partial charge in [-0.25, -0.2) is 4.79 Å². The molecule has 0 aliphatic heterocycles. The third kappa shape index (κ3) is 5.56. The van der Waals surface area contributed by atoms with Gasteiger partial charge >= 0.3 is 12.3 Å². The van der Waals surface area contributed by atoms with Crippen molar-refractivity contribution in [2.75, 3.05) is 0 Å². The number of pyridine rings is 1. The number of rotatable bonds is 5. The summed E-state index contributed by atoms with van der Waals surface area (Å²) in [7, 11) is 0. The van der Waals surface area contributed by atoms with Crippen LogP contribution >= 0.6 is 11.6 Å². The molecule has 5 nitrogen and oxygen atoms in total. The summed E-state index contributed by atoms with van der Waals surface area (Å²) in [5.41, 5.74) is 2.60. The van der Waals surface area contributed by atoms with Gasteiger partial charge in [-0.3, -0.25) is 10.3 Å². The minimum absolute atomic E-state index is 0.247. The van der Waals surface area contributed by atoms with Crippen molar-refractivity contribution in [1.29, 1.82) is 5.26 Å². The third-order valence-corrected chi connectivity index (χ3v) is 4.47. The number of aromatic nitrogens is 1. The van der Waals surface area contributed by atoms with Gasteiger partial charge in [0.15, 0.2) is 0 Å². The number of benzene rings is 2. The van der Waals surface area contributed by atoms with Gasteiger partial charge in [-0.2, -0.15) is 5.26 Å². The highest BCUT2D eigenvalue weighted by atomic mass is 35.5. The van der Waals surface area contributed by atoms with Crippen molar-refractivity contribution in [3.63, 3.8) is 0 Å². The quantitative estimate of drug-likeness (QED) is 0.659. The van der Waals surface area contributed by atoms with Crippen LogP contribution in [0.3, 0.4) is 0 Å². The summed E-state index contributed by atoms with van der Waals surface area (Å²) < 4.78 is 40.5. The van der Waals surface area contributed by atoms with E-state index in [2.05, 4.69) is 9.72 Å². The molecule has 0 atom stereocenters. The molecule has 0 saturated heterocycles. The van der Waals surface area contributed by atoms with Gasteiger partial charge in [0.2, 0.25) is 0 Å². The molecule has 0 saturated carbocycles. The summed E-state index contributed by atoms with van der Waals surface area (Å²) in [5.74, 6) is -0.572. The lowest BCUT2D eigenvalue weighted by Gasteiger charge is -2.09. The number of hydrogen-bond acceptors (Lipinski definition) is 4. The highest BCUT2D eigenvalue weighted by Gasteiger charge is 2.31. The lowest BCUT2D eigenvalue weighted by atomic mass is 10.1. The highest BCUT2D eigenvalue weighted by Crippen LogP contribution is 2.25. The summed E-state index contributed by atoms with van der Waals surface area (Å²) in [6.45, 7) is 0.297. The number of nitriles is 1. The standard InChI is InChI=1S/C21H13ClF3N3O2/c22-18-9-13(10-26)1-2-15(18)11-28-20(29)16-5-8-19(27-12-16)14-3-6-17(7-4-14)30-21(23,24)25/h1-9,12H,11H2,(H,28,29)/p+1. The number of nitrogens with two attached hydrogens (primary N) is 1. The first-order valence-corrected chi connectivity index (χ1v) is 9.01. The Morgan fingerprint density at radius 1 is 1.13 bits per heavy atom. The van der Waals surface area contributed by atoms with Crippen molar-refractivity contribution in [1.82, 2.24) is 4.98 Å². The van der Waals surface area contributed by atoms with E-state index in [4.69, 9.17) is 16.9 Å². The Hall–Kier alpha value is -3.41. The van der Waals surface area contributed by atoms with Crippen LogP contribution in [0, 0.1) is 11.3 Å². The van der Waals surface area contributed by atoms with Gasteiger partial charge in [0.25, 0.3) is 0 Å². The van der Waals surface area contributed by atoms with Gasteiger partial charge in [-0.1, -0.05) is 17.7 Å². The van der Waals surface area contributed by atoms with Crippen LogP contribution in [0.5, 0.6) is 5.75 Å². The van der Waals surface area contributed by atoms with Crippen molar-refractivity contribution in [2.24, 2.45) is 0 Å². The van der Waals surface area contributed by atoms with Crippen LogP contribution in [-0.4, -0.2) is 17.3 Å². The number of halogens is 4. The monoisotopic (exact) mass is 432 g/mol. The van der Waals surface area contributed by atoms with Gasteiger partial charge in [-0.15, -0.1) is 13.2 Å². The summed E-state index contributed by atoms with van der Waals surface area (Å²) in [6.07, 6.45) is -3.35. The Morgan fingerprint density at radius 3 is 2.43 bits per heavy atom. The maximum absolute atomic E-state index is 12.4. The van der Waals surface area contributed by atoms with Crippen LogP contribution < -0.4 is 10.1 Å². The van der Waals surface area contributed by atoms with E-state index in [1.165, 1.54) is 41.8 Å². The average Bonchev–Trinajstić information content (AvgIpc) is 2.72. The van der Waals surface area contributed by atoms with E-state index in [0.29, 0.717) is 34.0 Å². The minimum Gasteiger partial charge on any atom is -0.406 e. The number of hydrogen-bond donors (Lipinski definition) is 1. The van der Waals surface area contributed by atoms with Crippen molar-refractivity contribution in [3.8, 4) is 23.1 Å². The van der Waals surface area contributed by atoms with E-state index in [-0.39, 0.29) is 11.7 Å². The Bertz CT molecular complexity index is 1090. The summed E-state index contributed by atoms with van der Waals surface area (Å²) in [5, 5.41) is 10.7. The molecule has 9 heteroatoms. The molecule has 30 heavy (non-hydrogen) atoms. The second-order valence-electron chi connectivity index (χ2n) is 6.19. The molecule has 0 unspecified atom stereocenters. The molecule has 0 radical (unpaired) electrons. The Balaban J connectivity index is 1.64. The smallest absolute Gasteiger partial charge is 0.406 e. The Morgan fingerprint density at radius 2 is 1.87 bits per heavy atom. The molecule has 0 aliphatic carbocycles. The summed E-state index contributed by atoms with van der Waals surface area (Å²) >= 11 is 6.11. The van der Waals surface area contributed by atoms with Crippen molar-refractivity contribution < 1.29 is 28.0 Å². The predicted octanol–water partition coefficient (Wildman–Crippen LogP) is 4.08. The normalized spacial score (nSPS) is 11.0. The van der Waals surface area contributed by atoms with Crippen LogP contribution in [0.25, 0.3) is 11.3 Å². The Labute approximate surface area is 174 Å². The molecule has 0 bridgehead atoms. The van der Waals surface area contributed by atoms with Crippen LogP contribution in [0.15, 0.2) is 60.8 Å². The van der Waals surface area contributed by atoms with Crippen molar-refractivity contribution >= 4 is 17.5 Å². The average molecular weight is 433 g/mol. The predicted molar refractivity (Wildman–Crippen MR) is 102 cm³/mol. The fourth-order valence-corrected chi connectivity index (χ4v) is 2.90. The molecule has 1 amide bonds. The number of carbonyl (C=O) groups is 1. The number of carbonyl (C=O) groups excluding carboxylic acids is 1. The van der Waals surface area contributed by atoms with Gasteiger partial charge in [0.05, 0.1) is 27.9 Å². The highest BCUT2D eigenvalue weighted by molar-refractivity contribution is 6.31. The Kier molecular flexibility index (Phi) is 6.35. The van der Waals surface area contributed by atoms with E-state index < -0.39 is 6.36 Å². The SMILES string of the molecule is N#Cc1ccc(C[NH2+]C(=O)c2ccc(-c3ccc(OC(F)(F)F)cc3)nc2)c(Cl)c1. The fraction of sp³-hybridized carbons (Fsp3) is 0.0952. The number of primary amides is 1. The molecular formula is C21H14ClF3N3O2+. The minimum atomic E-state index is -4.75. The molecule has 3 aromatic rings. The maximum Gasteiger partial charge on any atom is 0.573 e. The third-order valence-electron chi connectivity index (χ3n) is 4.12. The zero-order chi connectivity index (χ0) is 21.7. The number of quaternary nitrogens is 1. The number of ether oxygens (including phenoxy) is 1. The molecule has 2 aromatic carbocycles. The van der Waals surface area contributed by atoms with Crippen LogP contribution in [0.2, 0.25) is 5.02 Å². The van der Waals surface area contributed by atoms with E-state index in [0.717, 1.165) is 5.56 Å². The molecule has 0 fully saturated rings. The van der Waals surface area contributed by atoms with Crippen LogP contribution in [-0.2, 0) is 6.54 Å². The lowest BCUT2D eigenvalue weighted by molar-refractivity contribution is -0.571. The molecule has 0 aliphatic rings. The van der Waals surface area contributed by atoms with Gasteiger partial charge in [0.1, 0.15) is 12.3 Å². The molecule has 1 aromatic heterocycles. The van der Waals surface area contributed by atoms with Crippen LogP contribution in [0.1, 0.15) is 21.5 Å². The fourth-order valence-electron chi connectivity index (χ4n) is 2.64. The molecule has 152 valence electrons. The first-order chi connectivity index (χ1) is 14.2. The molecule has 3 rings (SSSR count). The number of nitrogens with zero attached hydrogens (tertiary/aromatic N) is 2. The zero-order valence-electron chi connectivity index (χ0n) is 15.3. The summed E-state index contributed by atoms with van der Waals surface area (Å²) in [4.78, 5) is 16.6. The number of alkyl halides is 3. The summed E-state index contributed by atoms with van der Waals surface area (Å²) in [6, 6.07) is 15.3. The van der Waals surface area contributed by atoms with E-state index in [9.17, 15) is 18.0 Å². The molecule has 0 spiro atoms. The first kappa shape index (κ1) is 21.3. The molecule has 1 heterocycles. The zero-order valence-corrected chi connectivity index (χ0v) is 16.0. The largest absolute Gasteiger partial charge is 0.573 e. The van der Waals surface area contributed by atoms with Crippen molar-refractivity contribution in [3.05, 3.63) is 82.5 Å².